The zero-order valence-electron chi connectivity index (χ0n) is 7.49. The van der Waals surface area contributed by atoms with E-state index in [1.807, 2.05) is 6.07 Å². The predicted octanol–water partition coefficient (Wildman–Crippen LogP) is 1.45. The number of hydrogen-bond donors (Lipinski definition) is 2. The van der Waals surface area contributed by atoms with Crippen molar-refractivity contribution in [2.75, 3.05) is 6.54 Å². The summed E-state index contributed by atoms with van der Waals surface area (Å²) in [4.78, 5) is 11.5. The molecule has 0 aliphatic carbocycles. The average molecular weight is 210 g/mol. The summed E-state index contributed by atoms with van der Waals surface area (Å²) in [5.41, 5.74) is 0.326. The summed E-state index contributed by atoms with van der Waals surface area (Å²) in [6, 6.07) is 3.67. The Hall–Kier alpha value is -1.38. The molecule has 0 saturated heterocycles. The monoisotopic (exact) mass is 210 g/mol. The first-order chi connectivity index (χ1) is 6.74. The van der Waals surface area contributed by atoms with Crippen molar-refractivity contribution in [1.82, 2.24) is 5.32 Å². The normalized spacial score (nSPS) is 9.64. The number of aromatic carboxylic acids is 1. The van der Waals surface area contributed by atoms with Crippen LogP contribution in [0.5, 0.6) is 0 Å². The van der Waals surface area contributed by atoms with Gasteiger partial charge in [0.2, 0.25) is 0 Å². The van der Waals surface area contributed by atoms with E-state index >= 15 is 0 Å². The average Bonchev–Trinajstić information content (AvgIpc) is 2.61. The van der Waals surface area contributed by atoms with Gasteiger partial charge in [0.05, 0.1) is 11.6 Å². The van der Waals surface area contributed by atoms with Gasteiger partial charge in [0.15, 0.2) is 0 Å². The summed E-state index contributed by atoms with van der Waals surface area (Å²) in [7, 11) is 0. The number of carboxylic acid groups (broad SMARTS) is 1. The molecule has 0 radical (unpaired) electrons. The van der Waals surface area contributed by atoms with E-state index in [1.165, 1.54) is 11.3 Å². The molecule has 0 amide bonds. The van der Waals surface area contributed by atoms with Crippen LogP contribution in [0.15, 0.2) is 11.4 Å². The molecule has 1 rings (SSSR count). The zero-order chi connectivity index (χ0) is 10.4. The molecule has 0 saturated carbocycles. The lowest BCUT2D eigenvalue weighted by molar-refractivity contribution is 0.0697. The lowest BCUT2D eigenvalue weighted by Crippen LogP contribution is -2.13. The maximum Gasteiger partial charge on any atom is 0.336 e. The van der Waals surface area contributed by atoms with Gasteiger partial charge in [-0.1, -0.05) is 0 Å². The summed E-state index contributed by atoms with van der Waals surface area (Å²) in [5, 5.41) is 21.6. The van der Waals surface area contributed by atoms with Gasteiger partial charge in [-0.15, -0.1) is 11.3 Å². The Morgan fingerprint density at radius 2 is 2.50 bits per heavy atom. The van der Waals surface area contributed by atoms with Gasteiger partial charge >= 0.3 is 5.97 Å². The molecule has 2 N–H and O–H groups in total. The highest BCUT2D eigenvalue weighted by molar-refractivity contribution is 7.10. The molecule has 0 atom stereocenters. The summed E-state index contributed by atoms with van der Waals surface area (Å²) in [6.45, 7) is 1.26. The minimum absolute atomic E-state index is 0.326. The Kier molecular flexibility index (Phi) is 4.11. The molecule has 0 aliphatic rings. The van der Waals surface area contributed by atoms with Crippen molar-refractivity contribution in [2.24, 2.45) is 0 Å². The second-order valence-electron chi connectivity index (χ2n) is 2.69. The minimum atomic E-state index is -0.899. The second-order valence-corrected chi connectivity index (χ2v) is 3.69. The fraction of sp³-hybridized carbons (Fsp3) is 0.333. The lowest BCUT2D eigenvalue weighted by atomic mass is 10.3. The summed E-state index contributed by atoms with van der Waals surface area (Å²) >= 11 is 1.41. The third-order valence-electron chi connectivity index (χ3n) is 1.61. The van der Waals surface area contributed by atoms with Gasteiger partial charge in [-0.2, -0.15) is 5.26 Å². The number of carboxylic acids is 1. The number of nitriles is 1. The van der Waals surface area contributed by atoms with Crippen LogP contribution in [0.25, 0.3) is 0 Å². The van der Waals surface area contributed by atoms with Crippen LogP contribution in [0.2, 0.25) is 0 Å². The van der Waals surface area contributed by atoms with Gasteiger partial charge in [0.25, 0.3) is 0 Å². The van der Waals surface area contributed by atoms with Gasteiger partial charge in [0, 0.05) is 29.8 Å². The Morgan fingerprint density at radius 1 is 1.71 bits per heavy atom. The minimum Gasteiger partial charge on any atom is -0.478 e. The fourth-order valence-electron chi connectivity index (χ4n) is 0.941. The quantitative estimate of drug-likeness (QED) is 0.721. The number of nitrogens with zero attached hydrogens (tertiary/aromatic N) is 1. The summed E-state index contributed by atoms with van der Waals surface area (Å²) in [5.74, 6) is -0.899. The molecule has 14 heavy (non-hydrogen) atoms. The van der Waals surface area contributed by atoms with Gasteiger partial charge in [-0.05, 0) is 6.07 Å². The maximum absolute atomic E-state index is 10.5. The van der Waals surface area contributed by atoms with Crippen molar-refractivity contribution in [3.63, 3.8) is 0 Å². The standard InChI is InChI=1S/C9H10N2O2S/c10-2-1-3-11-5-8-4-7(6-14-8)9(12)13/h4,6,11H,1,3,5H2,(H,12,13). The highest BCUT2D eigenvalue weighted by Gasteiger charge is 2.05. The topological polar surface area (TPSA) is 73.1 Å². The van der Waals surface area contributed by atoms with E-state index in [-0.39, 0.29) is 0 Å². The van der Waals surface area contributed by atoms with Gasteiger partial charge in [0.1, 0.15) is 0 Å². The van der Waals surface area contributed by atoms with Crippen molar-refractivity contribution in [3.8, 4) is 6.07 Å². The van der Waals surface area contributed by atoms with E-state index in [0.29, 0.717) is 25.1 Å². The van der Waals surface area contributed by atoms with Crippen LogP contribution in [0.1, 0.15) is 21.7 Å². The van der Waals surface area contributed by atoms with Crippen LogP contribution in [0, 0.1) is 11.3 Å². The van der Waals surface area contributed by atoms with Crippen molar-refractivity contribution >= 4 is 17.3 Å². The first-order valence-corrected chi connectivity index (χ1v) is 5.00. The van der Waals surface area contributed by atoms with Crippen molar-refractivity contribution in [2.45, 2.75) is 13.0 Å². The van der Waals surface area contributed by atoms with Crippen molar-refractivity contribution in [3.05, 3.63) is 21.9 Å². The smallest absolute Gasteiger partial charge is 0.336 e. The number of carbonyl (C=O) groups is 1. The number of thiophene rings is 1. The summed E-state index contributed by atoms with van der Waals surface area (Å²) < 4.78 is 0. The van der Waals surface area contributed by atoms with Crippen LogP contribution in [-0.2, 0) is 6.54 Å². The third-order valence-corrected chi connectivity index (χ3v) is 2.55. The van der Waals surface area contributed by atoms with Crippen LogP contribution in [-0.4, -0.2) is 17.6 Å². The molecule has 0 unspecified atom stereocenters. The van der Waals surface area contributed by atoms with Crippen molar-refractivity contribution in [1.29, 1.82) is 5.26 Å². The van der Waals surface area contributed by atoms with E-state index in [1.54, 1.807) is 11.4 Å². The highest BCUT2D eigenvalue weighted by Crippen LogP contribution is 2.14. The molecular formula is C9H10N2O2S. The number of rotatable bonds is 5. The first kappa shape index (κ1) is 10.7. The molecular weight excluding hydrogens is 200 g/mol. The summed E-state index contributed by atoms with van der Waals surface area (Å²) in [6.07, 6.45) is 0.469. The van der Waals surface area contributed by atoms with Gasteiger partial charge in [-0.3, -0.25) is 0 Å². The Bertz CT molecular complexity index is 354. The molecule has 0 spiro atoms. The highest BCUT2D eigenvalue weighted by atomic mass is 32.1. The molecule has 0 aliphatic heterocycles. The van der Waals surface area contributed by atoms with Crippen LogP contribution < -0.4 is 5.32 Å². The maximum atomic E-state index is 10.5. The van der Waals surface area contributed by atoms with Crippen LogP contribution in [0.3, 0.4) is 0 Å². The largest absolute Gasteiger partial charge is 0.478 e. The Balaban J connectivity index is 2.37. The van der Waals surface area contributed by atoms with E-state index in [2.05, 4.69) is 5.32 Å². The molecule has 1 aromatic heterocycles. The zero-order valence-corrected chi connectivity index (χ0v) is 8.30. The Labute approximate surface area is 85.8 Å². The molecule has 0 fully saturated rings. The molecule has 74 valence electrons. The van der Waals surface area contributed by atoms with E-state index < -0.39 is 5.97 Å². The fourth-order valence-corrected chi connectivity index (χ4v) is 1.77. The number of hydrogen-bond acceptors (Lipinski definition) is 4. The van der Waals surface area contributed by atoms with Crippen molar-refractivity contribution < 1.29 is 9.90 Å². The van der Waals surface area contributed by atoms with Crippen LogP contribution >= 0.6 is 11.3 Å². The molecule has 0 bridgehead atoms. The predicted molar refractivity (Wildman–Crippen MR) is 53.2 cm³/mol. The molecule has 1 aromatic rings. The van der Waals surface area contributed by atoms with E-state index in [0.717, 1.165) is 4.88 Å². The molecule has 4 nitrogen and oxygen atoms in total. The molecule has 5 heteroatoms. The molecule has 1 heterocycles. The third kappa shape index (κ3) is 3.17. The molecule has 0 aromatic carbocycles. The SMILES string of the molecule is N#CCCNCc1cc(C(=O)O)cs1. The first-order valence-electron chi connectivity index (χ1n) is 4.12. The second kappa shape index (κ2) is 5.37. The lowest BCUT2D eigenvalue weighted by Gasteiger charge is -1.97. The van der Waals surface area contributed by atoms with E-state index in [9.17, 15) is 4.79 Å². The van der Waals surface area contributed by atoms with E-state index in [4.69, 9.17) is 10.4 Å². The van der Waals surface area contributed by atoms with Gasteiger partial charge in [-0.25, -0.2) is 4.79 Å². The Morgan fingerprint density at radius 3 is 3.07 bits per heavy atom. The number of nitrogens with one attached hydrogen (secondary N) is 1. The van der Waals surface area contributed by atoms with Crippen LogP contribution in [0.4, 0.5) is 0 Å². The van der Waals surface area contributed by atoms with Gasteiger partial charge < -0.3 is 10.4 Å².